The van der Waals surface area contributed by atoms with Gasteiger partial charge in [0.15, 0.2) is 0 Å². The molecule has 1 aromatic rings. The molecule has 14 heavy (non-hydrogen) atoms. The molecule has 0 atom stereocenters. The number of unbranched alkanes of at least 4 members (excludes halogenated alkanes) is 1. The van der Waals surface area contributed by atoms with Crippen LogP contribution in [-0.4, -0.2) is 6.61 Å². The van der Waals surface area contributed by atoms with E-state index in [1.54, 1.807) is 0 Å². The fourth-order valence-corrected chi connectivity index (χ4v) is 2.11. The van der Waals surface area contributed by atoms with Crippen LogP contribution < -0.4 is 4.74 Å². The summed E-state index contributed by atoms with van der Waals surface area (Å²) >= 11 is 5.78. The van der Waals surface area contributed by atoms with Gasteiger partial charge in [-0.25, -0.2) is 0 Å². The molecule has 0 fully saturated rings. The molecule has 0 aliphatic heterocycles. The van der Waals surface area contributed by atoms with Gasteiger partial charge in [0.05, 0.1) is 6.61 Å². The Morgan fingerprint density at radius 1 is 1.43 bits per heavy atom. The van der Waals surface area contributed by atoms with Gasteiger partial charge in [0.2, 0.25) is 0 Å². The Balaban J connectivity index is 2.65. The van der Waals surface area contributed by atoms with Gasteiger partial charge >= 0.3 is 0 Å². The van der Waals surface area contributed by atoms with Gasteiger partial charge in [-0.2, -0.15) is 0 Å². The zero-order valence-electron chi connectivity index (χ0n) is 8.22. The molecule has 0 aliphatic carbocycles. The van der Waals surface area contributed by atoms with Crippen molar-refractivity contribution in [1.82, 2.24) is 0 Å². The Morgan fingerprint density at radius 3 is 2.86 bits per heavy atom. The van der Waals surface area contributed by atoms with Crippen LogP contribution in [-0.2, 0) is 5.33 Å². The van der Waals surface area contributed by atoms with Crippen LogP contribution in [0.15, 0.2) is 18.2 Å². The van der Waals surface area contributed by atoms with Gasteiger partial charge in [-0.05, 0) is 47.2 Å². The highest BCUT2D eigenvalue weighted by Gasteiger charge is 2.02. The van der Waals surface area contributed by atoms with Crippen molar-refractivity contribution in [3.63, 3.8) is 0 Å². The van der Waals surface area contributed by atoms with Gasteiger partial charge in [0.25, 0.3) is 0 Å². The molecule has 0 spiro atoms. The molecule has 0 amide bonds. The van der Waals surface area contributed by atoms with Crippen LogP contribution in [0.1, 0.15) is 25.3 Å². The summed E-state index contributed by atoms with van der Waals surface area (Å²) in [5.41, 5.74) is 1.23. The normalized spacial score (nSPS) is 10.2. The molecule has 0 bridgehead atoms. The predicted octanol–water partition coefficient (Wildman–Crippen LogP) is 4.37. The van der Waals surface area contributed by atoms with E-state index in [9.17, 15) is 0 Å². The summed E-state index contributed by atoms with van der Waals surface area (Å²) in [6.45, 7) is 2.99. The Hall–Kier alpha value is 0.230. The number of hydrogen-bond donors (Lipinski definition) is 0. The summed E-state index contributed by atoms with van der Waals surface area (Å²) in [4.78, 5) is 0. The van der Waals surface area contributed by atoms with E-state index >= 15 is 0 Å². The van der Waals surface area contributed by atoms with Crippen molar-refractivity contribution in [3.8, 4) is 5.75 Å². The molecule has 0 unspecified atom stereocenters. The molecular weight excluding hydrogens is 355 g/mol. The van der Waals surface area contributed by atoms with Crippen molar-refractivity contribution in [3.05, 3.63) is 27.3 Å². The first-order valence-electron chi connectivity index (χ1n) is 4.75. The Morgan fingerprint density at radius 2 is 2.21 bits per heavy atom. The fourth-order valence-electron chi connectivity index (χ4n) is 1.12. The first-order chi connectivity index (χ1) is 6.77. The molecule has 0 aliphatic rings. The average Bonchev–Trinajstić information content (AvgIpc) is 2.20. The van der Waals surface area contributed by atoms with Crippen molar-refractivity contribution in [2.24, 2.45) is 0 Å². The zero-order chi connectivity index (χ0) is 10.4. The van der Waals surface area contributed by atoms with Crippen molar-refractivity contribution in [2.75, 3.05) is 6.61 Å². The van der Waals surface area contributed by atoms with Gasteiger partial charge in [-0.3, -0.25) is 0 Å². The molecule has 0 heterocycles. The first kappa shape index (κ1) is 12.3. The van der Waals surface area contributed by atoms with Crippen LogP contribution in [0.5, 0.6) is 5.75 Å². The number of ether oxygens (including phenoxy) is 1. The van der Waals surface area contributed by atoms with Crippen molar-refractivity contribution < 1.29 is 4.74 Å². The highest BCUT2D eigenvalue weighted by atomic mass is 127. The van der Waals surface area contributed by atoms with Crippen molar-refractivity contribution in [1.29, 1.82) is 0 Å². The molecule has 0 aromatic heterocycles. The largest absolute Gasteiger partial charge is 0.493 e. The lowest BCUT2D eigenvalue weighted by molar-refractivity contribution is 0.307. The highest BCUT2D eigenvalue weighted by Crippen LogP contribution is 2.23. The van der Waals surface area contributed by atoms with E-state index in [1.807, 2.05) is 6.07 Å². The van der Waals surface area contributed by atoms with Crippen molar-refractivity contribution in [2.45, 2.75) is 25.1 Å². The molecule has 1 nitrogen and oxygen atoms in total. The Kier molecular flexibility index (Phi) is 5.86. The number of alkyl halides is 1. The number of halogens is 2. The van der Waals surface area contributed by atoms with Crippen LogP contribution in [0.2, 0.25) is 0 Å². The second kappa shape index (κ2) is 6.67. The molecule has 3 heteroatoms. The van der Waals surface area contributed by atoms with E-state index in [0.29, 0.717) is 0 Å². The van der Waals surface area contributed by atoms with E-state index in [1.165, 1.54) is 15.6 Å². The summed E-state index contributed by atoms with van der Waals surface area (Å²) in [6.07, 6.45) is 2.29. The summed E-state index contributed by atoms with van der Waals surface area (Å²) < 4.78 is 6.94. The standard InChI is InChI=1S/C11H14BrIO/c1-2-3-6-14-11-5-4-10(13)7-9(11)8-12/h4-5,7H,2-3,6,8H2,1H3. The van der Waals surface area contributed by atoms with E-state index in [-0.39, 0.29) is 0 Å². The zero-order valence-corrected chi connectivity index (χ0v) is 12.0. The lowest BCUT2D eigenvalue weighted by Crippen LogP contribution is -1.99. The molecule has 1 rings (SSSR count). The predicted molar refractivity (Wildman–Crippen MR) is 72.2 cm³/mol. The van der Waals surface area contributed by atoms with Gasteiger partial charge in [0, 0.05) is 14.5 Å². The maximum atomic E-state index is 5.69. The Labute approximate surface area is 107 Å². The van der Waals surface area contributed by atoms with Gasteiger partial charge in [0.1, 0.15) is 5.75 Å². The molecular formula is C11H14BrIO. The SMILES string of the molecule is CCCCOc1ccc(I)cc1CBr. The smallest absolute Gasteiger partial charge is 0.123 e. The second-order valence-electron chi connectivity index (χ2n) is 3.09. The maximum Gasteiger partial charge on any atom is 0.123 e. The fraction of sp³-hybridized carbons (Fsp3) is 0.455. The molecule has 0 saturated carbocycles. The minimum absolute atomic E-state index is 0.817. The third-order valence-corrected chi connectivity index (χ3v) is 3.20. The monoisotopic (exact) mass is 368 g/mol. The third kappa shape index (κ3) is 3.77. The number of rotatable bonds is 5. The molecule has 0 radical (unpaired) electrons. The number of benzene rings is 1. The summed E-state index contributed by atoms with van der Waals surface area (Å²) in [5.74, 6) is 1.01. The average molecular weight is 369 g/mol. The molecule has 0 saturated heterocycles. The topological polar surface area (TPSA) is 9.23 Å². The highest BCUT2D eigenvalue weighted by molar-refractivity contribution is 14.1. The minimum Gasteiger partial charge on any atom is -0.493 e. The van der Waals surface area contributed by atoms with Crippen molar-refractivity contribution >= 4 is 38.5 Å². The van der Waals surface area contributed by atoms with Crippen LogP contribution in [0, 0.1) is 3.57 Å². The molecule has 0 N–H and O–H groups in total. The Bertz CT molecular complexity index is 289. The van der Waals surface area contributed by atoms with Gasteiger partial charge in [-0.1, -0.05) is 29.3 Å². The molecule has 78 valence electrons. The minimum atomic E-state index is 0.817. The van der Waals surface area contributed by atoms with Crippen LogP contribution in [0.3, 0.4) is 0 Å². The lowest BCUT2D eigenvalue weighted by atomic mass is 10.2. The van der Waals surface area contributed by atoms with Gasteiger partial charge in [-0.15, -0.1) is 0 Å². The van der Waals surface area contributed by atoms with E-state index < -0.39 is 0 Å². The lowest BCUT2D eigenvalue weighted by Gasteiger charge is -2.09. The first-order valence-corrected chi connectivity index (χ1v) is 6.95. The second-order valence-corrected chi connectivity index (χ2v) is 4.89. The summed E-state index contributed by atoms with van der Waals surface area (Å²) in [5, 5.41) is 0.852. The van der Waals surface area contributed by atoms with Crippen LogP contribution in [0.4, 0.5) is 0 Å². The third-order valence-electron chi connectivity index (χ3n) is 1.92. The van der Waals surface area contributed by atoms with Crippen LogP contribution >= 0.6 is 38.5 Å². The van der Waals surface area contributed by atoms with Crippen LogP contribution in [0.25, 0.3) is 0 Å². The number of hydrogen-bond acceptors (Lipinski definition) is 1. The van der Waals surface area contributed by atoms with E-state index in [4.69, 9.17) is 4.74 Å². The maximum absolute atomic E-state index is 5.69. The summed E-state index contributed by atoms with van der Waals surface area (Å²) in [7, 11) is 0. The van der Waals surface area contributed by atoms with Gasteiger partial charge < -0.3 is 4.74 Å². The summed E-state index contributed by atoms with van der Waals surface area (Å²) in [6, 6.07) is 6.28. The molecule has 1 aromatic carbocycles. The van der Waals surface area contributed by atoms with E-state index in [2.05, 4.69) is 57.6 Å². The quantitative estimate of drug-likeness (QED) is 0.426. The van der Waals surface area contributed by atoms with E-state index in [0.717, 1.165) is 24.1 Å².